The Hall–Kier alpha value is -0.990. The van der Waals surface area contributed by atoms with E-state index in [1.165, 1.54) is 20.2 Å². The Bertz CT molecular complexity index is 656. The van der Waals surface area contributed by atoms with Gasteiger partial charge in [-0.25, -0.2) is 12.7 Å². The molecule has 0 amide bonds. The van der Waals surface area contributed by atoms with Crippen LogP contribution in [0, 0.1) is 16.0 Å². The van der Waals surface area contributed by atoms with Gasteiger partial charge in [0, 0.05) is 30.6 Å². The zero-order valence-electron chi connectivity index (χ0n) is 11.8. The third kappa shape index (κ3) is 3.61. The van der Waals surface area contributed by atoms with E-state index in [4.69, 9.17) is 0 Å². The SMILES string of the molecule is CN(C)S(=O)(=O)c1ccc(CC(Br)C2CC2)c([N+](=O)[O-])c1. The summed E-state index contributed by atoms with van der Waals surface area (Å²) in [7, 11) is -0.866. The fourth-order valence-corrected chi connectivity index (χ4v) is 3.89. The second-order valence-corrected chi connectivity index (χ2v) is 8.72. The summed E-state index contributed by atoms with van der Waals surface area (Å²) in [6, 6.07) is 4.13. The first-order valence-corrected chi connectivity index (χ1v) is 8.93. The van der Waals surface area contributed by atoms with Crippen LogP contribution in [0.1, 0.15) is 18.4 Å². The van der Waals surface area contributed by atoms with E-state index < -0.39 is 14.9 Å². The Kier molecular flexibility index (Phi) is 4.69. The van der Waals surface area contributed by atoms with Crippen molar-refractivity contribution >= 4 is 31.6 Å². The van der Waals surface area contributed by atoms with Crippen molar-refractivity contribution in [3.05, 3.63) is 33.9 Å². The second-order valence-electron chi connectivity index (χ2n) is 5.39. The van der Waals surface area contributed by atoms with E-state index in [0.29, 0.717) is 17.9 Å². The van der Waals surface area contributed by atoms with Crippen molar-refractivity contribution in [2.45, 2.75) is 29.0 Å². The topological polar surface area (TPSA) is 80.5 Å². The number of nitro benzene ring substituents is 1. The second kappa shape index (κ2) is 6.02. The summed E-state index contributed by atoms with van der Waals surface area (Å²) >= 11 is 3.56. The molecular formula is C13H17BrN2O4S. The molecule has 0 heterocycles. The van der Waals surface area contributed by atoms with E-state index in [9.17, 15) is 18.5 Å². The molecule has 0 saturated heterocycles. The van der Waals surface area contributed by atoms with Gasteiger partial charge >= 0.3 is 0 Å². The number of hydrogen-bond donors (Lipinski definition) is 0. The van der Waals surface area contributed by atoms with E-state index in [1.807, 2.05) is 0 Å². The van der Waals surface area contributed by atoms with E-state index in [2.05, 4.69) is 15.9 Å². The molecule has 0 N–H and O–H groups in total. The summed E-state index contributed by atoms with van der Waals surface area (Å²) in [4.78, 5) is 10.8. The highest BCUT2D eigenvalue weighted by Crippen LogP contribution is 2.39. The lowest BCUT2D eigenvalue weighted by Gasteiger charge is -2.13. The average molecular weight is 377 g/mol. The van der Waals surface area contributed by atoms with E-state index in [1.54, 1.807) is 6.07 Å². The van der Waals surface area contributed by atoms with Gasteiger partial charge in [-0.15, -0.1) is 0 Å². The van der Waals surface area contributed by atoms with Crippen molar-refractivity contribution in [2.75, 3.05) is 14.1 Å². The van der Waals surface area contributed by atoms with Crippen LogP contribution in [0.4, 0.5) is 5.69 Å². The van der Waals surface area contributed by atoms with Crippen LogP contribution in [0.2, 0.25) is 0 Å². The van der Waals surface area contributed by atoms with Crippen molar-refractivity contribution < 1.29 is 13.3 Å². The third-order valence-electron chi connectivity index (χ3n) is 3.58. The maximum absolute atomic E-state index is 12.1. The average Bonchev–Trinajstić information content (AvgIpc) is 3.22. The van der Waals surface area contributed by atoms with Gasteiger partial charge in [-0.1, -0.05) is 22.0 Å². The number of nitrogens with zero attached hydrogens (tertiary/aromatic N) is 2. The number of nitro groups is 1. The fourth-order valence-electron chi connectivity index (χ4n) is 2.09. The minimum Gasteiger partial charge on any atom is -0.258 e. The summed E-state index contributed by atoms with van der Waals surface area (Å²) in [5, 5.41) is 11.2. The first-order valence-electron chi connectivity index (χ1n) is 6.57. The van der Waals surface area contributed by atoms with Crippen LogP contribution < -0.4 is 0 Å². The van der Waals surface area contributed by atoms with Crippen LogP contribution in [0.15, 0.2) is 23.1 Å². The van der Waals surface area contributed by atoms with Crippen molar-refractivity contribution in [2.24, 2.45) is 5.92 Å². The zero-order valence-corrected chi connectivity index (χ0v) is 14.2. The Morgan fingerprint density at radius 3 is 2.52 bits per heavy atom. The van der Waals surface area contributed by atoms with Crippen LogP contribution in [0.5, 0.6) is 0 Å². The minimum atomic E-state index is -3.66. The van der Waals surface area contributed by atoms with Crippen molar-refractivity contribution in [1.82, 2.24) is 4.31 Å². The molecule has 2 rings (SSSR count). The molecule has 8 heteroatoms. The smallest absolute Gasteiger partial charge is 0.258 e. The highest BCUT2D eigenvalue weighted by atomic mass is 79.9. The predicted molar refractivity (Wildman–Crippen MR) is 83.1 cm³/mol. The summed E-state index contributed by atoms with van der Waals surface area (Å²) in [5.74, 6) is 0.565. The largest absolute Gasteiger partial charge is 0.273 e. The van der Waals surface area contributed by atoms with Crippen molar-refractivity contribution in [1.29, 1.82) is 0 Å². The molecule has 1 aromatic carbocycles. The lowest BCUT2D eigenvalue weighted by molar-refractivity contribution is -0.385. The molecule has 1 atom stereocenters. The van der Waals surface area contributed by atoms with Gasteiger partial charge in [-0.05, 0) is 31.2 Å². The van der Waals surface area contributed by atoms with E-state index in [-0.39, 0.29) is 15.4 Å². The number of sulfonamides is 1. The number of alkyl halides is 1. The quantitative estimate of drug-likeness (QED) is 0.434. The standard InChI is InChI=1S/C13H17BrN2O4S/c1-15(2)21(19,20)11-6-5-10(13(8-11)16(17)18)7-12(14)9-3-4-9/h5-6,8-9,12H,3-4,7H2,1-2H3. The Labute approximate surface area is 132 Å². The van der Waals surface area contributed by atoms with Crippen LogP contribution in [0.3, 0.4) is 0 Å². The van der Waals surface area contributed by atoms with Gasteiger partial charge in [-0.3, -0.25) is 10.1 Å². The van der Waals surface area contributed by atoms with Crippen molar-refractivity contribution in [3.63, 3.8) is 0 Å². The monoisotopic (exact) mass is 376 g/mol. The molecule has 1 fully saturated rings. The van der Waals surface area contributed by atoms with Gasteiger partial charge in [0.1, 0.15) is 0 Å². The van der Waals surface area contributed by atoms with Gasteiger partial charge in [0.2, 0.25) is 10.0 Å². The molecule has 116 valence electrons. The predicted octanol–water partition coefficient (Wildman–Crippen LogP) is 2.56. The highest BCUT2D eigenvalue weighted by Gasteiger charge is 2.31. The summed E-state index contributed by atoms with van der Waals surface area (Å²) in [5.41, 5.74) is 0.425. The lowest BCUT2D eigenvalue weighted by atomic mass is 10.1. The Morgan fingerprint density at radius 2 is 2.05 bits per heavy atom. The van der Waals surface area contributed by atoms with Gasteiger partial charge in [0.05, 0.1) is 9.82 Å². The maximum atomic E-state index is 12.1. The number of benzene rings is 1. The molecule has 1 aliphatic rings. The number of rotatable bonds is 6. The zero-order chi connectivity index (χ0) is 15.8. The molecule has 0 bridgehead atoms. The van der Waals surface area contributed by atoms with E-state index in [0.717, 1.165) is 23.2 Å². The first kappa shape index (κ1) is 16.4. The molecule has 0 spiro atoms. The normalized spacial score (nSPS) is 17.0. The molecular weight excluding hydrogens is 360 g/mol. The fraction of sp³-hybridized carbons (Fsp3) is 0.538. The van der Waals surface area contributed by atoms with Gasteiger partial charge in [0.25, 0.3) is 5.69 Å². The molecule has 0 radical (unpaired) electrons. The number of hydrogen-bond acceptors (Lipinski definition) is 4. The lowest BCUT2D eigenvalue weighted by Crippen LogP contribution is -2.22. The molecule has 1 aliphatic carbocycles. The van der Waals surface area contributed by atoms with Gasteiger partial charge in [0.15, 0.2) is 0 Å². The van der Waals surface area contributed by atoms with Gasteiger partial charge in [-0.2, -0.15) is 0 Å². The maximum Gasteiger partial charge on any atom is 0.273 e. The highest BCUT2D eigenvalue weighted by molar-refractivity contribution is 9.09. The molecule has 1 saturated carbocycles. The summed E-state index contributed by atoms with van der Waals surface area (Å²) in [6.07, 6.45) is 2.80. The van der Waals surface area contributed by atoms with Crippen LogP contribution in [0.25, 0.3) is 0 Å². The molecule has 6 nitrogen and oxygen atoms in total. The number of halogens is 1. The van der Waals surface area contributed by atoms with E-state index >= 15 is 0 Å². The van der Waals surface area contributed by atoms with Crippen LogP contribution >= 0.6 is 15.9 Å². The molecule has 1 aromatic rings. The molecule has 1 unspecified atom stereocenters. The molecule has 0 aliphatic heterocycles. The summed E-state index contributed by atoms with van der Waals surface area (Å²) < 4.78 is 25.1. The Morgan fingerprint density at radius 1 is 1.43 bits per heavy atom. The molecule has 21 heavy (non-hydrogen) atoms. The third-order valence-corrected chi connectivity index (χ3v) is 6.46. The van der Waals surface area contributed by atoms with Crippen LogP contribution in [-0.4, -0.2) is 36.6 Å². The summed E-state index contributed by atoms with van der Waals surface area (Å²) in [6.45, 7) is 0. The first-order chi connectivity index (χ1) is 9.73. The van der Waals surface area contributed by atoms with Crippen LogP contribution in [-0.2, 0) is 16.4 Å². The molecule has 0 aromatic heterocycles. The van der Waals surface area contributed by atoms with Crippen molar-refractivity contribution in [3.8, 4) is 0 Å². The van der Waals surface area contributed by atoms with Gasteiger partial charge < -0.3 is 0 Å². The Balaban J connectivity index is 2.37. The minimum absolute atomic E-state index is 0.0551.